The summed E-state index contributed by atoms with van der Waals surface area (Å²) in [7, 11) is 0. The topological polar surface area (TPSA) is 97.0 Å². The summed E-state index contributed by atoms with van der Waals surface area (Å²) >= 11 is 0. The van der Waals surface area contributed by atoms with Crippen molar-refractivity contribution in [1.29, 1.82) is 0 Å². The van der Waals surface area contributed by atoms with Crippen molar-refractivity contribution < 1.29 is 5.11 Å². The van der Waals surface area contributed by atoms with Gasteiger partial charge in [0.15, 0.2) is 0 Å². The molecule has 26 heavy (non-hydrogen) atoms. The lowest BCUT2D eigenvalue weighted by Crippen LogP contribution is -2.57. The molecule has 3 saturated carbocycles. The Kier molecular flexibility index (Phi) is 4.03. The van der Waals surface area contributed by atoms with E-state index in [1.807, 2.05) is 6.92 Å². The highest BCUT2D eigenvalue weighted by atomic mass is 16.3. The highest BCUT2D eigenvalue weighted by Gasteiger charge is 2.64. The first-order valence-corrected chi connectivity index (χ1v) is 10.3. The van der Waals surface area contributed by atoms with E-state index in [0.29, 0.717) is 23.5 Å². The molecule has 0 amide bonds. The number of hydrogen-bond donors (Lipinski definition) is 3. The van der Waals surface area contributed by atoms with Crippen LogP contribution in [0.3, 0.4) is 0 Å². The number of allylic oxidation sites excluding steroid dienone is 2. The summed E-state index contributed by atoms with van der Waals surface area (Å²) in [4.78, 5) is 0. The van der Waals surface area contributed by atoms with Crippen molar-refractivity contribution in [3.8, 4) is 0 Å². The van der Waals surface area contributed by atoms with Gasteiger partial charge in [0.25, 0.3) is 0 Å². The molecule has 6 atom stereocenters. The van der Waals surface area contributed by atoms with Crippen LogP contribution in [0.5, 0.6) is 0 Å². The number of hydrazone groups is 2. The average Bonchev–Trinajstić information content (AvgIpc) is 2.92. The molecule has 6 unspecified atom stereocenters. The van der Waals surface area contributed by atoms with E-state index in [2.05, 4.69) is 30.1 Å². The normalized spacial score (nSPS) is 50.0. The zero-order valence-corrected chi connectivity index (χ0v) is 16.5. The standard InChI is InChI=1S/C21H34N4O/c1-13(24-22)21(26)11-8-18-16-5-4-14-12-15(25-23)6-9-19(14,2)17(16)7-10-20(18,21)3/h12,16-18,26H,4-11,22-23H2,1-3H3/b24-13+,25-15-. The van der Waals surface area contributed by atoms with E-state index >= 15 is 0 Å². The number of hydrogen-bond acceptors (Lipinski definition) is 5. The van der Waals surface area contributed by atoms with Crippen LogP contribution in [0, 0.1) is 28.6 Å². The van der Waals surface area contributed by atoms with Crippen molar-refractivity contribution in [2.24, 2.45) is 50.5 Å². The molecule has 144 valence electrons. The smallest absolute Gasteiger partial charge is 0.110 e. The fourth-order valence-electron chi connectivity index (χ4n) is 7.39. The number of nitrogens with two attached hydrogens (primary N) is 2. The van der Waals surface area contributed by atoms with Crippen molar-refractivity contribution in [3.63, 3.8) is 0 Å². The van der Waals surface area contributed by atoms with Gasteiger partial charge in [-0.15, -0.1) is 0 Å². The van der Waals surface area contributed by atoms with Crippen LogP contribution in [-0.4, -0.2) is 22.1 Å². The molecule has 0 bridgehead atoms. The molecule has 0 radical (unpaired) electrons. The molecule has 3 fully saturated rings. The monoisotopic (exact) mass is 358 g/mol. The van der Waals surface area contributed by atoms with Crippen LogP contribution >= 0.6 is 0 Å². The third kappa shape index (κ3) is 2.12. The van der Waals surface area contributed by atoms with Crippen LogP contribution in [0.15, 0.2) is 21.9 Å². The van der Waals surface area contributed by atoms with Gasteiger partial charge in [0.05, 0.1) is 11.4 Å². The van der Waals surface area contributed by atoms with Gasteiger partial charge in [0, 0.05) is 5.41 Å². The van der Waals surface area contributed by atoms with E-state index in [1.165, 1.54) is 12.8 Å². The lowest BCUT2D eigenvalue weighted by molar-refractivity contribution is -0.0945. The molecule has 0 aromatic carbocycles. The summed E-state index contributed by atoms with van der Waals surface area (Å²) in [6, 6.07) is 0. The molecular weight excluding hydrogens is 324 g/mol. The Hall–Kier alpha value is -1.36. The third-order valence-corrected chi connectivity index (χ3v) is 9.09. The molecule has 4 rings (SSSR count). The molecule has 0 saturated heterocycles. The molecule has 4 aliphatic rings. The maximum absolute atomic E-state index is 11.5. The molecule has 5 nitrogen and oxygen atoms in total. The highest BCUT2D eigenvalue weighted by molar-refractivity contribution is 5.96. The Bertz CT molecular complexity index is 698. The molecule has 0 heterocycles. The Morgan fingerprint density at radius 3 is 2.50 bits per heavy atom. The molecule has 0 aromatic rings. The predicted molar refractivity (Wildman–Crippen MR) is 106 cm³/mol. The van der Waals surface area contributed by atoms with Crippen LogP contribution in [0.4, 0.5) is 0 Å². The van der Waals surface area contributed by atoms with E-state index in [1.54, 1.807) is 5.57 Å². The molecule has 4 aliphatic carbocycles. The Balaban J connectivity index is 1.68. The van der Waals surface area contributed by atoms with Crippen molar-refractivity contribution >= 4 is 11.4 Å². The average molecular weight is 359 g/mol. The van der Waals surface area contributed by atoms with Crippen molar-refractivity contribution in [3.05, 3.63) is 11.6 Å². The third-order valence-electron chi connectivity index (χ3n) is 9.09. The predicted octanol–water partition coefficient (Wildman–Crippen LogP) is 3.33. The fourth-order valence-corrected chi connectivity index (χ4v) is 7.39. The second kappa shape index (κ2) is 5.82. The summed E-state index contributed by atoms with van der Waals surface area (Å²) < 4.78 is 0. The van der Waals surface area contributed by atoms with E-state index < -0.39 is 5.60 Å². The lowest BCUT2D eigenvalue weighted by atomic mass is 9.46. The zero-order valence-electron chi connectivity index (χ0n) is 16.5. The maximum atomic E-state index is 11.5. The number of fused-ring (bicyclic) bond motifs is 5. The zero-order chi connectivity index (χ0) is 18.7. The van der Waals surface area contributed by atoms with E-state index in [0.717, 1.165) is 44.2 Å². The Morgan fingerprint density at radius 2 is 1.81 bits per heavy atom. The fraction of sp³-hybridized carbons (Fsp3) is 0.810. The summed E-state index contributed by atoms with van der Waals surface area (Å²) in [5.41, 5.74) is 2.67. The number of nitrogens with zero attached hydrogens (tertiary/aromatic N) is 2. The van der Waals surface area contributed by atoms with E-state index in [-0.39, 0.29) is 10.8 Å². The molecule has 5 heteroatoms. The van der Waals surface area contributed by atoms with Gasteiger partial charge < -0.3 is 16.8 Å². The van der Waals surface area contributed by atoms with Crippen molar-refractivity contribution in [2.75, 3.05) is 0 Å². The second-order valence-corrected chi connectivity index (χ2v) is 9.69. The Labute approximate surface area is 157 Å². The molecule has 0 aromatic heterocycles. The van der Waals surface area contributed by atoms with E-state index in [9.17, 15) is 5.11 Å². The van der Waals surface area contributed by atoms with Crippen LogP contribution in [0.2, 0.25) is 0 Å². The number of aliphatic hydroxyl groups is 1. The van der Waals surface area contributed by atoms with Crippen LogP contribution < -0.4 is 11.7 Å². The first kappa shape index (κ1) is 18.0. The van der Waals surface area contributed by atoms with Gasteiger partial charge in [-0.1, -0.05) is 19.4 Å². The summed E-state index contributed by atoms with van der Waals surface area (Å²) in [5.74, 6) is 13.1. The summed E-state index contributed by atoms with van der Waals surface area (Å²) in [6.07, 6.45) is 10.9. The van der Waals surface area contributed by atoms with Gasteiger partial charge in [-0.3, -0.25) is 0 Å². The van der Waals surface area contributed by atoms with E-state index in [4.69, 9.17) is 11.7 Å². The van der Waals surface area contributed by atoms with Crippen molar-refractivity contribution in [1.82, 2.24) is 0 Å². The van der Waals surface area contributed by atoms with Crippen LogP contribution in [0.25, 0.3) is 0 Å². The molecule has 5 N–H and O–H groups in total. The summed E-state index contributed by atoms with van der Waals surface area (Å²) in [5, 5.41) is 19.4. The molecular formula is C21H34N4O. The SMILES string of the molecule is C/C(=N\N)C1(O)CCC2C3CCC4=C/C(=N\N)CCC4(C)C3CCC21C. The van der Waals surface area contributed by atoms with Crippen molar-refractivity contribution in [2.45, 2.75) is 77.7 Å². The maximum Gasteiger partial charge on any atom is 0.110 e. The first-order valence-electron chi connectivity index (χ1n) is 10.3. The van der Waals surface area contributed by atoms with Gasteiger partial charge in [-0.25, -0.2) is 0 Å². The second-order valence-electron chi connectivity index (χ2n) is 9.69. The quantitative estimate of drug-likeness (QED) is 0.381. The largest absolute Gasteiger partial charge is 0.383 e. The van der Waals surface area contributed by atoms with Gasteiger partial charge >= 0.3 is 0 Å². The number of rotatable bonds is 1. The minimum Gasteiger partial charge on any atom is -0.383 e. The van der Waals surface area contributed by atoms with Gasteiger partial charge in [-0.05, 0) is 87.5 Å². The van der Waals surface area contributed by atoms with Crippen LogP contribution in [-0.2, 0) is 0 Å². The first-order chi connectivity index (χ1) is 12.3. The summed E-state index contributed by atoms with van der Waals surface area (Å²) in [6.45, 7) is 6.67. The van der Waals surface area contributed by atoms with Gasteiger partial charge in [0.2, 0.25) is 0 Å². The Morgan fingerprint density at radius 1 is 1.08 bits per heavy atom. The lowest BCUT2D eigenvalue weighted by Gasteiger charge is -2.59. The molecule has 0 spiro atoms. The van der Waals surface area contributed by atoms with Gasteiger partial charge in [-0.2, -0.15) is 10.2 Å². The molecule has 0 aliphatic heterocycles. The minimum absolute atomic E-state index is 0.1000. The minimum atomic E-state index is -0.833. The van der Waals surface area contributed by atoms with Gasteiger partial charge in [0.1, 0.15) is 5.60 Å². The van der Waals surface area contributed by atoms with Crippen LogP contribution in [0.1, 0.15) is 72.1 Å². The highest BCUT2D eigenvalue weighted by Crippen LogP contribution is 2.67.